The van der Waals surface area contributed by atoms with E-state index >= 15 is 0 Å². The summed E-state index contributed by atoms with van der Waals surface area (Å²) in [6.07, 6.45) is 3.65. The third-order valence-corrected chi connectivity index (χ3v) is 3.49. The summed E-state index contributed by atoms with van der Waals surface area (Å²) >= 11 is 3.31. The number of aromatic nitrogens is 1. The summed E-state index contributed by atoms with van der Waals surface area (Å²) in [6.45, 7) is 3.43. The quantitative estimate of drug-likeness (QED) is 0.912. The van der Waals surface area contributed by atoms with Gasteiger partial charge in [-0.15, -0.1) is 0 Å². The predicted octanol–water partition coefficient (Wildman–Crippen LogP) is 3.15. The van der Waals surface area contributed by atoms with Gasteiger partial charge in [-0.25, -0.2) is 0 Å². The first-order chi connectivity index (χ1) is 8.68. The standard InChI is InChI=1S/C14H15BrN2O/c1-10-5-6-16-8-12(10)9-17-7-11-3-2-4-13(15)14(11)18/h2-6,8,17-18H,7,9H2,1H3. The van der Waals surface area contributed by atoms with E-state index in [0.717, 1.165) is 16.6 Å². The lowest BCUT2D eigenvalue weighted by atomic mass is 10.1. The van der Waals surface area contributed by atoms with E-state index in [1.165, 1.54) is 11.1 Å². The maximum Gasteiger partial charge on any atom is 0.134 e. The van der Waals surface area contributed by atoms with Gasteiger partial charge in [-0.3, -0.25) is 4.98 Å². The van der Waals surface area contributed by atoms with Crippen molar-refractivity contribution in [2.24, 2.45) is 0 Å². The monoisotopic (exact) mass is 306 g/mol. The molecule has 0 aliphatic heterocycles. The molecule has 0 atom stereocenters. The highest BCUT2D eigenvalue weighted by Crippen LogP contribution is 2.27. The van der Waals surface area contributed by atoms with Crippen LogP contribution in [0.4, 0.5) is 0 Å². The number of pyridine rings is 1. The summed E-state index contributed by atoms with van der Waals surface area (Å²) in [6, 6.07) is 7.64. The zero-order chi connectivity index (χ0) is 13.0. The van der Waals surface area contributed by atoms with Gasteiger partial charge >= 0.3 is 0 Å². The molecule has 18 heavy (non-hydrogen) atoms. The van der Waals surface area contributed by atoms with Crippen molar-refractivity contribution in [3.8, 4) is 5.75 Å². The largest absolute Gasteiger partial charge is 0.506 e. The van der Waals surface area contributed by atoms with Crippen LogP contribution < -0.4 is 5.32 Å². The summed E-state index contributed by atoms with van der Waals surface area (Å²) in [5.41, 5.74) is 3.27. The third kappa shape index (κ3) is 3.09. The number of benzene rings is 1. The maximum atomic E-state index is 9.85. The van der Waals surface area contributed by atoms with Crippen molar-refractivity contribution in [1.29, 1.82) is 0 Å². The lowest BCUT2D eigenvalue weighted by Crippen LogP contribution is -2.13. The fraction of sp³-hybridized carbons (Fsp3) is 0.214. The van der Waals surface area contributed by atoms with Gasteiger partial charge < -0.3 is 10.4 Å². The highest BCUT2D eigenvalue weighted by Gasteiger charge is 2.04. The number of nitrogens with one attached hydrogen (secondary N) is 1. The molecule has 0 bridgehead atoms. The second-order valence-corrected chi connectivity index (χ2v) is 5.01. The molecule has 0 amide bonds. The van der Waals surface area contributed by atoms with Crippen LogP contribution in [-0.2, 0) is 13.1 Å². The molecule has 0 unspecified atom stereocenters. The van der Waals surface area contributed by atoms with Crippen LogP contribution in [0.1, 0.15) is 16.7 Å². The number of para-hydroxylation sites is 1. The number of halogens is 1. The molecule has 1 aromatic heterocycles. The van der Waals surface area contributed by atoms with E-state index in [1.807, 2.05) is 30.5 Å². The third-order valence-electron chi connectivity index (χ3n) is 2.85. The van der Waals surface area contributed by atoms with Gasteiger partial charge in [0.1, 0.15) is 5.75 Å². The van der Waals surface area contributed by atoms with Gasteiger partial charge in [0.05, 0.1) is 4.47 Å². The van der Waals surface area contributed by atoms with Gasteiger partial charge in [0.25, 0.3) is 0 Å². The van der Waals surface area contributed by atoms with Gasteiger partial charge in [-0.2, -0.15) is 0 Å². The Morgan fingerprint density at radius 3 is 2.78 bits per heavy atom. The summed E-state index contributed by atoms with van der Waals surface area (Å²) < 4.78 is 0.722. The van der Waals surface area contributed by atoms with Crippen molar-refractivity contribution in [3.05, 3.63) is 57.8 Å². The first kappa shape index (κ1) is 13.1. The van der Waals surface area contributed by atoms with Crippen molar-refractivity contribution in [1.82, 2.24) is 10.3 Å². The molecular formula is C14H15BrN2O. The van der Waals surface area contributed by atoms with Gasteiger partial charge in [-0.05, 0) is 46.1 Å². The van der Waals surface area contributed by atoms with Crippen LogP contribution in [0.5, 0.6) is 5.75 Å². The van der Waals surface area contributed by atoms with Crippen LogP contribution in [0.3, 0.4) is 0 Å². The molecule has 0 radical (unpaired) electrons. The number of phenols is 1. The topological polar surface area (TPSA) is 45.2 Å². The van der Waals surface area contributed by atoms with E-state index in [-0.39, 0.29) is 0 Å². The van der Waals surface area contributed by atoms with Crippen LogP contribution in [-0.4, -0.2) is 10.1 Å². The first-order valence-corrected chi connectivity index (χ1v) is 6.54. The Morgan fingerprint density at radius 2 is 2.00 bits per heavy atom. The molecule has 2 N–H and O–H groups in total. The number of hydrogen-bond donors (Lipinski definition) is 2. The molecule has 3 nitrogen and oxygen atoms in total. The van der Waals surface area contributed by atoms with E-state index in [9.17, 15) is 5.11 Å². The molecule has 0 saturated carbocycles. The zero-order valence-electron chi connectivity index (χ0n) is 10.2. The highest BCUT2D eigenvalue weighted by molar-refractivity contribution is 9.10. The van der Waals surface area contributed by atoms with E-state index in [1.54, 1.807) is 6.20 Å². The Bertz CT molecular complexity index is 543. The van der Waals surface area contributed by atoms with Gasteiger partial charge in [-0.1, -0.05) is 12.1 Å². The molecule has 94 valence electrons. The molecule has 0 aliphatic rings. The van der Waals surface area contributed by atoms with E-state index in [4.69, 9.17) is 0 Å². The molecule has 1 aromatic carbocycles. The average Bonchev–Trinajstić information content (AvgIpc) is 2.37. The van der Waals surface area contributed by atoms with E-state index < -0.39 is 0 Å². The normalized spacial score (nSPS) is 10.6. The summed E-state index contributed by atoms with van der Waals surface area (Å²) in [5, 5.41) is 13.2. The van der Waals surface area contributed by atoms with Crippen LogP contribution in [0.2, 0.25) is 0 Å². The Hall–Kier alpha value is -1.39. The minimum absolute atomic E-state index is 0.299. The molecule has 0 saturated heterocycles. The van der Waals surface area contributed by atoms with Gasteiger partial charge in [0.15, 0.2) is 0 Å². The smallest absolute Gasteiger partial charge is 0.134 e. The van der Waals surface area contributed by atoms with Gasteiger partial charge in [0.2, 0.25) is 0 Å². The average molecular weight is 307 g/mol. The van der Waals surface area contributed by atoms with Crippen LogP contribution >= 0.6 is 15.9 Å². The number of nitrogens with zero attached hydrogens (tertiary/aromatic N) is 1. The molecule has 4 heteroatoms. The molecule has 0 spiro atoms. The Kier molecular flexibility index (Phi) is 4.33. The SMILES string of the molecule is Cc1ccncc1CNCc1cccc(Br)c1O. The number of hydrogen-bond acceptors (Lipinski definition) is 3. The van der Waals surface area contributed by atoms with Crippen molar-refractivity contribution in [3.63, 3.8) is 0 Å². The van der Waals surface area contributed by atoms with Crippen LogP contribution in [0.25, 0.3) is 0 Å². The Morgan fingerprint density at radius 1 is 1.22 bits per heavy atom. The lowest BCUT2D eigenvalue weighted by molar-refractivity contribution is 0.461. The predicted molar refractivity (Wildman–Crippen MR) is 75.3 cm³/mol. The number of phenolic OH excluding ortho intramolecular Hbond substituents is 1. The molecule has 0 aliphatic carbocycles. The van der Waals surface area contributed by atoms with E-state index in [2.05, 4.69) is 33.2 Å². The molecule has 2 aromatic rings. The lowest BCUT2D eigenvalue weighted by Gasteiger charge is -2.09. The summed E-state index contributed by atoms with van der Waals surface area (Å²) in [5.74, 6) is 0.299. The Labute approximate surface area is 115 Å². The van der Waals surface area contributed by atoms with Crippen molar-refractivity contribution in [2.75, 3.05) is 0 Å². The number of aryl methyl sites for hydroxylation is 1. The zero-order valence-corrected chi connectivity index (χ0v) is 11.7. The van der Waals surface area contributed by atoms with Crippen molar-refractivity contribution in [2.45, 2.75) is 20.0 Å². The second-order valence-electron chi connectivity index (χ2n) is 4.15. The second kappa shape index (κ2) is 5.98. The van der Waals surface area contributed by atoms with Crippen molar-refractivity contribution >= 4 is 15.9 Å². The fourth-order valence-electron chi connectivity index (χ4n) is 1.72. The molecular weight excluding hydrogens is 292 g/mol. The van der Waals surface area contributed by atoms with Crippen LogP contribution in [0.15, 0.2) is 41.1 Å². The fourth-order valence-corrected chi connectivity index (χ4v) is 2.12. The molecule has 0 fully saturated rings. The minimum Gasteiger partial charge on any atom is -0.506 e. The maximum absolute atomic E-state index is 9.85. The molecule has 2 rings (SSSR count). The summed E-state index contributed by atoms with van der Waals surface area (Å²) in [7, 11) is 0. The highest BCUT2D eigenvalue weighted by atomic mass is 79.9. The van der Waals surface area contributed by atoms with E-state index in [0.29, 0.717) is 12.3 Å². The van der Waals surface area contributed by atoms with Crippen molar-refractivity contribution < 1.29 is 5.11 Å². The molecule has 1 heterocycles. The minimum atomic E-state index is 0.299. The number of aromatic hydroxyl groups is 1. The van der Waals surface area contributed by atoms with Crippen LogP contribution in [0, 0.1) is 6.92 Å². The number of rotatable bonds is 4. The Balaban J connectivity index is 1.97. The summed E-state index contributed by atoms with van der Waals surface area (Å²) in [4.78, 5) is 4.11. The van der Waals surface area contributed by atoms with Gasteiger partial charge in [0, 0.05) is 31.0 Å². The first-order valence-electron chi connectivity index (χ1n) is 5.75.